The van der Waals surface area contributed by atoms with Crippen LogP contribution in [-0.4, -0.2) is 41.0 Å². The number of hydrogen-bond donors (Lipinski definition) is 1. The van der Waals surface area contributed by atoms with E-state index in [-0.39, 0.29) is 16.0 Å². The van der Waals surface area contributed by atoms with Crippen LogP contribution < -0.4 is 0 Å². The van der Waals surface area contributed by atoms with E-state index in [1.54, 1.807) is 26.0 Å². The van der Waals surface area contributed by atoms with Crippen molar-refractivity contribution in [2.45, 2.75) is 30.2 Å². The first-order chi connectivity index (χ1) is 9.25. The molecule has 0 aromatic heterocycles. The van der Waals surface area contributed by atoms with Gasteiger partial charge in [0.2, 0.25) is 10.0 Å². The summed E-state index contributed by atoms with van der Waals surface area (Å²) in [5, 5.41) is 8.80. The molecule has 0 saturated carbocycles. The first kappa shape index (κ1) is 15.8. The van der Waals surface area contributed by atoms with Crippen molar-refractivity contribution in [2.75, 3.05) is 5.75 Å². The number of nitrogens with zero attached hydrogens (tertiary/aromatic N) is 1. The van der Waals surface area contributed by atoms with Gasteiger partial charge >= 0.3 is 5.97 Å². The van der Waals surface area contributed by atoms with Crippen LogP contribution in [0.2, 0.25) is 0 Å². The van der Waals surface area contributed by atoms with Crippen LogP contribution in [0.25, 0.3) is 0 Å². The van der Waals surface area contributed by atoms with Gasteiger partial charge in [0, 0.05) is 10.2 Å². The summed E-state index contributed by atoms with van der Waals surface area (Å²) < 4.78 is 27.2. The molecule has 1 heterocycles. The highest BCUT2D eigenvalue weighted by atomic mass is 79.9. The number of carboxylic acids is 1. The molecule has 2 unspecified atom stereocenters. The van der Waals surface area contributed by atoms with Gasteiger partial charge < -0.3 is 5.11 Å². The normalized spacial score (nSPS) is 23.9. The van der Waals surface area contributed by atoms with Crippen molar-refractivity contribution in [3.05, 3.63) is 28.2 Å². The van der Waals surface area contributed by atoms with Gasteiger partial charge in [0.05, 0.1) is 10.3 Å². The first-order valence-electron chi connectivity index (χ1n) is 5.89. The summed E-state index contributed by atoms with van der Waals surface area (Å²) in [5.74, 6) is -0.843. The Balaban J connectivity index is 2.47. The molecule has 0 spiro atoms. The predicted molar refractivity (Wildman–Crippen MR) is 81.2 cm³/mol. The Morgan fingerprint density at radius 3 is 2.70 bits per heavy atom. The molecule has 0 radical (unpaired) electrons. The fourth-order valence-corrected chi connectivity index (χ4v) is 5.69. The lowest BCUT2D eigenvalue weighted by atomic mass is 10.2. The highest BCUT2D eigenvalue weighted by Gasteiger charge is 2.44. The second kappa shape index (κ2) is 5.67. The standard InChI is InChI=1S/C12H14BrNO4S2/c1-7-5-9(3-4-10(7)13)20(17,18)14-8(2)19-6-11(14)12(15)16/h3-5,8,11H,6H2,1-2H3,(H,15,16). The van der Waals surface area contributed by atoms with Crippen LogP contribution >= 0.6 is 27.7 Å². The van der Waals surface area contributed by atoms with Gasteiger partial charge in [-0.1, -0.05) is 15.9 Å². The number of benzene rings is 1. The Hall–Kier alpha value is -0.570. The number of sulfonamides is 1. The molecular formula is C12H14BrNO4S2. The van der Waals surface area contributed by atoms with Gasteiger partial charge in [0.15, 0.2) is 0 Å². The van der Waals surface area contributed by atoms with Crippen molar-refractivity contribution in [3.8, 4) is 0 Å². The fraction of sp³-hybridized carbons (Fsp3) is 0.417. The fourth-order valence-electron chi connectivity index (χ4n) is 2.07. The van der Waals surface area contributed by atoms with Gasteiger partial charge in [0.25, 0.3) is 0 Å². The van der Waals surface area contributed by atoms with Crippen molar-refractivity contribution in [1.82, 2.24) is 4.31 Å². The van der Waals surface area contributed by atoms with Crippen molar-refractivity contribution in [2.24, 2.45) is 0 Å². The molecule has 1 aromatic carbocycles. The number of hydrogen-bond acceptors (Lipinski definition) is 4. The van der Waals surface area contributed by atoms with Crippen molar-refractivity contribution in [1.29, 1.82) is 0 Å². The average Bonchev–Trinajstić information content (AvgIpc) is 2.75. The Morgan fingerprint density at radius 1 is 1.50 bits per heavy atom. The third-order valence-electron chi connectivity index (χ3n) is 3.15. The van der Waals surface area contributed by atoms with Gasteiger partial charge in [-0.15, -0.1) is 11.8 Å². The van der Waals surface area contributed by atoms with Crippen molar-refractivity contribution >= 4 is 43.7 Å². The highest BCUT2D eigenvalue weighted by Crippen LogP contribution is 2.35. The predicted octanol–water partition coefficient (Wildman–Crippen LogP) is 2.29. The van der Waals surface area contributed by atoms with E-state index >= 15 is 0 Å². The molecule has 0 bridgehead atoms. The van der Waals surface area contributed by atoms with E-state index < -0.39 is 22.0 Å². The maximum Gasteiger partial charge on any atom is 0.322 e. The number of rotatable bonds is 3. The summed E-state index contributed by atoms with van der Waals surface area (Å²) in [6.07, 6.45) is 0. The largest absolute Gasteiger partial charge is 0.480 e. The topological polar surface area (TPSA) is 74.7 Å². The van der Waals surface area contributed by atoms with Crippen LogP contribution in [-0.2, 0) is 14.8 Å². The third kappa shape index (κ3) is 2.74. The molecule has 110 valence electrons. The van der Waals surface area contributed by atoms with E-state index in [0.717, 1.165) is 14.3 Å². The average molecular weight is 380 g/mol. The maximum absolute atomic E-state index is 12.7. The van der Waals surface area contributed by atoms with Crippen LogP contribution in [0.1, 0.15) is 12.5 Å². The van der Waals surface area contributed by atoms with E-state index in [1.165, 1.54) is 17.8 Å². The summed E-state index contributed by atoms with van der Waals surface area (Å²) in [6.45, 7) is 3.50. The quantitative estimate of drug-likeness (QED) is 0.871. The van der Waals surface area contributed by atoms with Crippen molar-refractivity contribution < 1.29 is 18.3 Å². The smallest absolute Gasteiger partial charge is 0.322 e. The Kier molecular flexibility index (Phi) is 4.48. The Morgan fingerprint density at radius 2 is 2.15 bits per heavy atom. The molecule has 1 aliphatic rings. The van der Waals surface area contributed by atoms with Gasteiger partial charge in [-0.05, 0) is 37.6 Å². The molecular weight excluding hydrogens is 366 g/mol. The number of carboxylic acid groups (broad SMARTS) is 1. The van der Waals surface area contributed by atoms with Crippen LogP contribution in [0.15, 0.2) is 27.6 Å². The van der Waals surface area contributed by atoms with Gasteiger partial charge in [-0.2, -0.15) is 4.31 Å². The van der Waals surface area contributed by atoms with E-state index in [2.05, 4.69) is 15.9 Å². The Labute approximate surface area is 130 Å². The summed E-state index contributed by atoms with van der Waals surface area (Å²) in [6, 6.07) is 3.69. The molecule has 8 heteroatoms. The molecule has 5 nitrogen and oxygen atoms in total. The van der Waals surface area contributed by atoms with Gasteiger partial charge in [-0.3, -0.25) is 4.79 Å². The molecule has 1 N–H and O–H groups in total. The van der Waals surface area contributed by atoms with Gasteiger partial charge in [-0.25, -0.2) is 8.42 Å². The molecule has 2 atom stereocenters. The zero-order chi connectivity index (χ0) is 15.1. The molecule has 1 aliphatic heterocycles. The summed E-state index contributed by atoms with van der Waals surface area (Å²) in [5.41, 5.74) is 0.789. The van der Waals surface area contributed by atoms with Crippen LogP contribution in [0, 0.1) is 6.92 Å². The number of aryl methyl sites for hydroxylation is 1. The number of aliphatic carboxylic acids is 1. The second-order valence-electron chi connectivity index (χ2n) is 4.53. The lowest BCUT2D eigenvalue weighted by Crippen LogP contribution is -2.44. The summed E-state index contributed by atoms with van der Waals surface area (Å²) in [7, 11) is -3.81. The minimum absolute atomic E-state index is 0.124. The molecule has 1 aromatic rings. The van der Waals surface area contributed by atoms with E-state index in [0.29, 0.717) is 0 Å². The number of carbonyl (C=O) groups is 1. The molecule has 0 aliphatic carbocycles. The van der Waals surface area contributed by atoms with E-state index in [4.69, 9.17) is 0 Å². The molecule has 20 heavy (non-hydrogen) atoms. The lowest BCUT2D eigenvalue weighted by Gasteiger charge is -2.24. The monoisotopic (exact) mass is 379 g/mol. The zero-order valence-corrected chi connectivity index (χ0v) is 14.1. The minimum Gasteiger partial charge on any atom is -0.480 e. The second-order valence-corrected chi connectivity index (χ2v) is 8.58. The van der Waals surface area contributed by atoms with Crippen molar-refractivity contribution in [3.63, 3.8) is 0 Å². The molecule has 2 rings (SSSR count). The Bertz CT molecular complexity index is 647. The van der Waals surface area contributed by atoms with Crippen LogP contribution in [0.4, 0.5) is 0 Å². The summed E-state index contributed by atoms with van der Waals surface area (Å²) >= 11 is 4.65. The molecule has 0 amide bonds. The van der Waals surface area contributed by atoms with Crippen LogP contribution in [0.5, 0.6) is 0 Å². The molecule has 1 saturated heterocycles. The number of thioether (sulfide) groups is 1. The minimum atomic E-state index is -3.81. The first-order valence-corrected chi connectivity index (χ1v) is 9.17. The third-order valence-corrected chi connectivity index (χ3v) is 7.37. The summed E-state index contributed by atoms with van der Waals surface area (Å²) in [4.78, 5) is 11.4. The SMILES string of the molecule is Cc1cc(S(=O)(=O)N2C(C)SCC2C(=O)O)ccc1Br. The van der Waals surface area contributed by atoms with E-state index in [1.807, 2.05) is 0 Å². The van der Waals surface area contributed by atoms with E-state index in [9.17, 15) is 18.3 Å². The van der Waals surface area contributed by atoms with Crippen LogP contribution in [0.3, 0.4) is 0 Å². The molecule has 1 fully saturated rings. The van der Waals surface area contributed by atoms with Gasteiger partial charge in [0.1, 0.15) is 6.04 Å². The highest BCUT2D eigenvalue weighted by molar-refractivity contribution is 9.10. The lowest BCUT2D eigenvalue weighted by molar-refractivity contribution is -0.140. The maximum atomic E-state index is 12.7. The number of halogens is 1. The zero-order valence-electron chi connectivity index (χ0n) is 10.9.